The molecule has 0 aromatic heterocycles. The lowest BCUT2D eigenvalue weighted by molar-refractivity contribution is 0.0377. The molecule has 0 atom stereocenters. The molecular formula is C20H26N2O5S. The molecule has 0 saturated heterocycles. The van der Waals surface area contributed by atoms with Crippen molar-refractivity contribution in [2.75, 3.05) is 17.1 Å². The normalized spacial score (nSPS) is 11.4. The highest BCUT2D eigenvalue weighted by atomic mass is 32.2. The summed E-state index contributed by atoms with van der Waals surface area (Å²) >= 11 is 0. The predicted octanol–water partition coefficient (Wildman–Crippen LogP) is 3.88. The van der Waals surface area contributed by atoms with Gasteiger partial charge in [0.2, 0.25) is 0 Å². The number of carbonyl (C=O) groups excluding carboxylic acids is 1. The Kier molecular flexibility index (Phi) is 6.90. The Balaban J connectivity index is 2.43. The van der Waals surface area contributed by atoms with Gasteiger partial charge in [-0.3, -0.25) is 4.72 Å². The van der Waals surface area contributed by atoms with Gasteiger partial charge < -0.3 is 14.8 Å². The average molecular weight is 407 g/mol. The number of ether oxygens (including phenoxy) is 2. The van der Waals surface area contributed by atoms with Crippen LogP contribution in [0.5, 0.6) is 5.75 Å². The van der Waals surface area contributed by atoms with E-state index in [9.17, 15) is 13.2 Å². The van der Waals surface area contributed by atoms with Crippen molar-refractivity contribution >= 4 is 27.4 Å². The first-order chi connectivity index (χ1) is 13.1. The lowest BCUT2D eigenvalue weighted by Crippen LogP contribution is -2.19. The third kappa shape index (κ3) is 5.63. The van der Waals surface area contributed by atoms with Crippen molar-refractivity contribution in [2.24, 2.45) is 0 Å². The fourth-order valence-electron chi connectivity index (χ4n) is 2.45. The number of benzene rings is 2. The van der Waals surface area contributed by atoms with E-state index in [4.69, 9.17) is 9.47 Å². The number of esters is 1. The highest BCUT2D eigenvalue weighted by molar-refractivity contribution is 7.92. The Morgan fingerprint density at radius 2 is 1.64 bits per heavy atom. The van der Waals surface area contributed by atoms with E-state index in [0.717, 1.165) is 0 Å². The van der Waals surface area contributed by atoms with Crippen LogP contribution >= 0.6 is 0 Å². The van der Waals surface area contributed by atoms with E-state index >= 15 is 0 Å². The Morgan fingerprint density at radius 3 is 2.18 bits per heavy atom. The summed E-state index contributed by atoms with van der Waals surface area (Å²) < 4.78 is 38.8. The largest absolute Gasteiger partial charge is 0.497 e. The van der Waals surface area contributed by atoms with E-state index in [-0.39, 0.29) is 22.6 Å². The van der Waals surface area contributed by atoms with Crippen LogP contribution in [-0.2, 0) is 14.8 Å². The number of anilines is 2. The fraction of sp³-hybridized carbons (Fsp3) is 0.350. The van der Waals surface area contributed by atoms with Gasteiger partial charge in [-0.05, 0) is 70.2 Å². The van der Waals surface area contributed by atoms with Crippen molar-refractivity contribution in [3.63, 3.8) is 0 Å². The van der Waals surface area contributed by atoms with Crippen molar-refractivity contribution in [1.82, 2.24) is 0 Å². The van der Waals surface area contributed by atoms with Crippen LogP contribution in [0.1, 0.15) is 38.1 Å². The zero-order valence-electron chi connectivity index (χ0n) is 16.6. The van der Waals surface area contributed by atoms with Crippen molar-refractivity contribution in [3.05, 3.63) is 48.0 Å². The molecule has 0 spiro atoms. The predicted molar refractivity (Wildman–Crippen MR) is 110 cm³/mol. The number of sulfonamides is 1. The number of hydrogen-bond donors (Lipinski definition) is 2. The maximum atomic E-state index is 13.0. The van der Waals surface area contributed by atoms with E-state index < -0.39 is 16.0 Å². The standard InChI is InChI=1S/C20H26N2O5S/c1-13(2)21-18-11-6-15(20(23)27-14(3)4)12-19(18)28(24,25)22-16-7-9-17(26-5)10-8-16/h6-14,21-22H,1-5H3. The molecule has 0 aliphatic heterocycles. The van der Waals surface area contributed by atoms with Crippen LogP contribution < -0.4 is 14.8 Å². The second-order valence-corrected chi connectivity index (χ2v) is 8.45. The van der Waals surface area contributed by atoms with Crippen LogP contribution in [0.4, 0.5) is 11.4 Å². The minimum Gasteiger partial charge on any atom is -0.497 e. The zero-order chi connectivity index (χ0) is 20.9. The summed E-state index contributed by atoms with van der Waals surface area (Å²) in [6.45, 7) is 7.26. The monoisotopic (exact) mass is 406 g/mol. The van der Waals surface area contributed by atoms with Crippen molar-refractivity contribution in [3.8, 4) is 5.75 Å². The molecule has 7 nitrogen and oxygen atoms in total. The number of hydrogen-bond acceptors (Lipinski definition) is 6. The highest BCUT2D eigenvalue weighted by Gasteiger charge is 2.22. The van der Waals surface area contributed by atoms with Gasteiger partial charge in [-0.1, -0.05) is 0 Å². The summed E-state index contributed by atoms with van der Waals surface area (Å²) in [6.07, 6.45) is -0.307. The van der Waals surface area contributed by atoms with Gasteiger partial charge in [0.25, 0.3) is 10.0 Å². The van der Waals surface area contributed by atoms with E-state index in [0.29, 0.717) is 17.1 Å². The van der Waals surface area contributed by atoms with Crippen LogP contribution in [0.25, 0.3) is 0 Å². The molecule has 0 bridgehead atoms. The Morgan fingerprint density at radius 1 is 1.00 bits per heavy atom. The quantitative estimate of drug-likeness (QED) is 0.646. The zero-order valence-corrected chi connectivity index (χ0v) is 17.5. The fourth-order valence-corrected chi connectivity index (χ4v) is 3.71. The van der Waals surface area contributed by atoms with Crippen molar-refractivity contribution < 1.29 is 22.7 Å². The molecule has 0 radical (unpaired) electrons. The minimum atomic E-state index is -3.95. The lowest BCUT2D eigenvalue weighted by atomic mass is 10.2. The van der Waals surface area contributed by atoms with Gasteiger partial charge in [0, 0.05) is 11.7 Å². The number of nitrogens with one attached hydrogen (secondary N) is 2. The summed E-state index contributed by atoms with van der Waals surface area (Å²) in [5.41, 5.74) is 0.946. The Labute approximate surface area is 166 Å². The minimum absolute atomic E-state index is 0.00315. The number of carbonyl (C=O) groups is 1. The van der Waals surface area contributed by atoms with E-state index in [1.807, 2.05) is 13.8 Å². The topological polar surface area (TPSA) is 93.7 Å². The van der Waals surface area contributed by atoms with E-state index in [1.54, 1.807) is 50.2 Å². The molecular weight excluding hydrogens is 380 g/mol. The highest BCUT2D eigenvalue weighted by Crippen LogP contribution is 2.27. The van der Waals surface area contributed by atoms with Crippen LogP contribution in [0.2, 0.25) is 0 Å². The summed E-state index contributed by atoms with van der Waals surface area (Å²) in [5, 5.41) is 3.10. The second-order valence-electron chi connectivity index (χ2n) is 6.80. The molecule has 2 aromatic carbocycles. The Bertz CT molecular complexity index is 922. The van der Waals surface area contributed by atoms with Crippen LogP contribution in [0.3, 0.4) is 0 Å². The van der Waals surface area contributed by atoms with E-state index in [2.05, 4.69) is 10.0 Å². The van der Waals surface area contributed by atoms with Crippen molar-refractivity contribution in [2.45, 2.75) is 44.7 Å². The van der Waals surface area contributed by atoms with Gasteiger partial charge in [-0.25, -0.2) is 13.2 Å². The molecule has 0 fully saturated rings. The summed E-state index contributed by atoms with van der Waals surface area (Å²) in [5.74, 6) is 0.0375. The average Bonchev–Trinajstić information content (AvgIpc) is 2.61. The Hall–Kier alpha value is -2.74. The van der Waals surface area contributed by atoms with Gasteiger partial charge in [-0.15, -0.1) is 0 Å². The summed E-state index contributed by atoms with van der Waals surface area (Å²) in [7, 11) is -2.42. The SMILES string of the molecule is COc1ccc(NS(=O)(=O)c2cc(C(=O)OC(C)C)ccc2NC(C)C)cc1. The third-order valence-electron chi connectivity index (χ3n) is 3.64. The number of rotatable bonds is 8. The molecule has 8 heteroatoms. The maximum absolute atomic E-state index is 13.0. The first-order valence-electron chi connectivity index (χ1n) is 8.91. The van der Waals surface area contributed by atoms with Gasteiger partial charge in [-0.2, -0.15) is 0 Å². The molecule has 2 aromatic rings. The van der Waals surface area contributed by atoms with Crippen LogP contribution in [0.15, 0.2) is 47.4 Å². The molecule has 0 unspecified atom stereocenters. The van der Waals surface area contributed by atoms with Gasteiger partial charge in [0.15, 0.2) is 0 Å². The molecule has 28 heavy (non-hydrogen) atoms. The summed E-state index contributed by atoms with van der Waals surface area (Å²) in [6, 6.07) is 10.9. The molecule has 0 saturated carbocycles. The lowest BCUT2D eigenvalue weighted by Gasteiger charge is -2.17. The van der Waals surface area contributed by atoms with Gasteiger partial charge in [0.05, 0.1) is 24.5 Å². The molecule has 0 heterocycles. The van der Waals surface area contributed by atoms with Crippen LogP contribution in [0, 0.1) is 0 Å². The van der Waals surface area contributed by atoms with Crippen LogP contribution in [-0.4, -0.2) is 33.6 Å². The molecule has 2 rings (SSSR count). The van der Waals surface area contributed by atoms with Crippen molar-refractivity contribution in [1.29, 1.82) is 0 Å². The molecule has 0 aliphatic rings. The summed E-state index contributed by atoms with van der Waals surface area (Å²) in [4.78, 5) is 12.2. The molecule has 0 aliphatic carbocycles. The second kappa shape index (κ2) is 8.97. The first-order valence-corrected chi connectivity index (χ1v) is 10.4. The number of methoxy groups -OCH3 is 1. The van der Waals surface area contributed by atoms with Gasteiger partial charge >= 0.3 is 5.97 Å². The molecule has 152 valence electrons. The van der Waals surface area contributed by atoms with E-state index in [1.165, 1.54) is 13.2 Å². The van der Waals surface area contributed by atoms with Gasteiger partial charge in [0.1, 0.15) is 10.6 Å². The maximum Gasteiger partial charge on any atom is 0.338 e. The molecule has 2 N–H and O–H groups in total. The molecule has 0 amide bonds. The third-order valence-corrected chi connectivity index (χ3v) is 5.06. The first kappa shape index (κ1) is 21.6. The smallest absolute Gasteiger partial charge is 0.338 e.